The minimum absolute atomic E-state index is 0.120. The van der Waals surface area contributed by atoms with Gasteiger partial charge in [0.25, 0.3) is 10.0 Å². The van der Waals surface area contributed by atoms with E-state index < -0.39 is 20.7 Å². The molecule has 12 heteroatoms. The van der Waals surface area contributed by atoms with E-state index in [1.54, 1.807) is 5.38 Å². The van der Waals surface area contributed by atoms with Crippen LogP contribution in [0.2, 0.25) is 5.02 Å². The number of nitrogens with zero attached hydrogens (tertiary/aromatic N) is 2. The van der Waals surface area contributed by atoms with Crippen LogP contribution >= 0.6 is 22.9 Å². The third-order valence-electron chi connectivity index (χ3n) is 7.29. The second-order valence-corrected chi connectivity index (χ2v) is 12.2. The molecule has 33 heavy (non-hydrogen) atoms. The van der Waals surface area contributed by atoms with Crippen LogP contribution in [0.5, 0.6) is 0 Å². The zero-order valence-electron chi connectivity index (χ0n) is 17.7. The first-order valence-corrected chi connectivity index (χ1v) is 13.7. The SMILES string of the molecule is O=S(=O)(Nc1nccs1)c1cc(Cl)c(NCC23CCCN2CC2(C3)OCCC3OC32)cc1F. The van der Waals surface area contributed by atoms with Gasteiger partial charge in [0.2, 0.25) is 0 Å². The summed E-state index contributed by atoms with van der Waals surface area (Å²) in [5, 5.41) is 5.23. The first-order chi connectivity index (χ1) is 15.8. The maximum Gasteiger partial charge on any atom is 0.266 e. The van der Waals surface area contributed by atoms with Crippen LogP contribution in [-0.2, 0) is 19.5 Å². The molecule has 0 amide bonds. The van der Waals surface area contributed by atoms with Crippen LogP contribution in [0.1, 0.15) is 25.7 Å². The second-order valence-electron chi connectivity index (χ2n) is 9.28. The van der Waals surface area contributed by atoms with Crippen molar-refractivity contribution in [2.45, 2.75) is 53.9 Å². The quantitative estimate of drug-likeness (QED) is 0.571. The first kappa shape index (κ1) is 22.0. The van der Waals surface area contributed by atoms with Crippen molar-refractivity contribution in [3.63, 3.8) is 0 Å². The van der Waals surface area contributed by atoms with Crippen molar-refractivity contribution in [2.75, 3.05) is 36.3 Å². The van der Waals surface area contributed by atoms with Crippen molar-refractivity contribution in [1.82, 2.24) is 9.88 Å². The van der Waals surface area contributed by atoms with Gasteiger partial charge < -0.3 is 14.8 Å². The molecule has 4 atom stereocenters. The number of rotatable bonds is 6. The molecular weight excluding hydrogens is 491 g/mol. The predicted molar refractivity (Wildman–Crippen MR) is 123 cm³/mol. The number of epoxide rings is 1. The Morgan fingerprint density at radius 3 is 3.09 bits per heavy atom. The van der Waals surface area contributed by atoms with Crippen LogP contribution in [0.15, 0.2) is 28.6 Å². The highest BCUT2D eigenvalue weighted by molar-refractivity contribution is 7.93. The van der Waals surface area contributed by atoms with Crippen molar-refractivity contribution < 1.29 is 22.3 Å². The van der Waals surface area contributed by atoms with Crippen molar-refractivity contribution in [3.8, 4) is 0 Å². The van der Waals surface area contributed by atoms with Crippen LogP contribution in [0.4, 0.5) is 15.2 Å². The van der Waals surface area contributed by atoms with Gasteiger partial charge in [0.1, 0.15) is 22.4 Å². The van der Waals surface area contributed by atoms with Crippen LogP contribution in [-0.4, -0.2) is 67.9 Å². The highest BCUT2D eigenvalue weighted by Crippen LogP contribution is 2.53. The number of hydrogen-bond acceptors (Lipinski definition) is 8. The van der Waals surface area contributed by atoms with E-state index in [-0.39, 0.29) is 27.4 Å². The number of sulfonamides is 1. The fraction of sp³-hybridized carbons (Fsp3) is 0.571. The molecule has 6 rings (SSSR count). The zero-order valence-corrected chi connectivity index (χ0v) is 20.1. The number of halogens is 2. The maximum atomic E-state index is 14.9. The summed E-state index contributed by atoms with van der Waals surface area (Å²) < 4.78 is 54.5. The summed E-state index contributed by atoms with van der Waals surface area (Å²) in [6.07, 6.45) is 5.87. The molecule has 1 aromatic heterocycles. The van der Waals surface area contributed by atoms with E-state index in [1.165, 1.54) is 6.20 Å². The fourth-order valence-electron chi connectivity index (χ4n) is 5.79. The summed E-state index contributed by atoms with van der Waals surface area (Å²) in [6.45, 7) is 3.13. The molecule has 4 unspecified atom stereocenters. The van der Waals surface area contributed by atoms with Crippen LogP contribution in [0.3, 0.4) is 0 Å². The van der Waals surface area contributed by atoms with Crippen LogP contribution < -0.4 is 10.0 Å². The number of ether oxygens (including phenoxy) is 2. The molecule has 8 nitrogen and oxygen atoms in total. The van der Waals surface area contributed by atoms with Gasteiger partial charge in [-0.25, -0.2) is 17.8 Å². The van der Waals surface area contributed by atoms with E-state index in [0.29, 0.717) is 18.3 Å². The molecule has 1 aromatic carbocycles. The minimum Gasteiger partial charge on any atom is -0.382 e. The van der Waals surface area contributed by atoms with Gasteiger partial charge in [-0.1, -0.05) is 11.6 Å². The van der Waals surface area contributed by atoms with Crippen molar-refractivity contribution in [3.05, 3.63) is 34.5 Å². The Bertz CT molecular complexity index is 1180. The second kappa shape index (κ2) is 7.76. The summed E-state index contributed by atoms with van der Waals surface area (Å²) in [4.78, 5) is 5.83. The van der Waals surface area contributed by atoms with Gasteiger partial charge in [-0.05, 0) is 37.9 Å². The molecule has 178 valence electrons. The normalized spacial score (nSPS) is 33.2. The average Bonchev–Trinajstić information content (AvgIpc) is 3.08. The Kier molecular flexibility index (Phi) is 5.17. The van der Waals surface area contributed by atoms with Gasteiger partial charge in [-0.3, -0.25) is 9.62 Å². The Morgan fingerprint density at radius 1 is 1.39 bits per heavy atom. The van der Waals surface area contributed by atoms with Gasteiger partial charge in [-0.15, -0.1) is 11.3 Å². The summed E-state index contributed by atoms with van der Waals surface area (Å²) in [6, 6.07) is 2.29. The number of thiazole rings is 1. The lowest BCUT2D eigenvalue weighted by Crippen LogP contribution is -2.46. The van der Waals surface area contributed by atoms with Gasteiger partial charge in [-0.2, -0.15) is 0 Å². The largest absolute Gasteiger partial charge is 0.382 e. The summed E-state index contributed by atoms with van der Waals surface area (Å²) in [5.74, 6) is -0.875. The van der Waals surface area contributed by atoms with E-state index in [9.17, 15) is 12.8 Å². The third-order valence-corrected chi connectivity index (χ3v) is 9.78. The highest BCUT2D eigenvalue weighted by Gasteiger charge is 2.66. The molecule has 2 N–H and O–H groups in total. The van der Waals surface area contributed by atoms with Gasteiger partial charge >= 0.3 is 0 Å². The van der Waals surface area contributed by atoms with Crippen molar-refractivity contribution >= 4 is 43.8 Å². The number of hydrogen-bond donors (Lipinski definition) is 2. The highest BCUT2D eigenvalue weighted by atomic mass is 35.5. The molecule has 5 heterocycles. The summed E-state index contributed by atoms with van der Waals surface area (Å²) in [7, 11) is -4.15. The van der Waals surface area contributed by atoms with Crippen LogP contribution in [0, 0.1) is 5.82 Å². The number of anilines is 2. The minimum atomic E-state index is -4.15. The maximum absolute atomic E-state index is 14.9. The molecule has 0 saturated carbocycles. The first-order valence-electron chi connectivity index (χ1n) is 11.0. The van der Waals surface area contributed by atoms with E-state index in [2.05, 4.69) is 19.9 Å². The molecule has 2 aromatic rings. The smallest absolute Gasteiger partial charge is 0.266 e. The number of fused-ring (bicyclic) bond motifs is 3. The molecule has 0 aliphatic carbocycles. The van der Waals surface area contributed by atoms with E-state index in [0.717, 1.165) is 68.8 Å². The van der Waals surface area contributed by atoms with Gasteiger partial charge in [0, 0.05) is 36.6 Å². The molecule has 4 fully saturated rings. The van der Waals surface area contributed by atoms with Crippen molar-refractivity contribution in [1.29, 1.82) is 0 Å². The molecular formula is C21H24ClFN4O4S2. The Hall–Kier alpha value is -1.50. The summed E-state index contributed by atoms with van der Waals surface area (Å²) in [5.41, 5.74) is -0.0146. The predicted octanol–water partition coefficient (Wildman–Crippen LogP) is 3.31. The third kappa shape index (κ3) is 3.73. The average molecular weight is 515 g/mol. The lowest BCUT2D eigenvalue weighted by molar-refractivity contribution is -0.0646. The molecule has 4 aliphatic rings. The Balaban J connectivity index is 1.21. The Labute approximate surface area is 200 Å². The van der Waals surface area contributed by atoms with Crippen LogP contribution in [0.25, 0.3) is 0 Å². The molecule has 4 aliphatic heterocycles. The molecule has 4 saturated heterocycles. The van der Waals surface area contributed by atoms with E-state index >= 15 is 0 Å². The lowest BCUT2D eigenvalue weighted by Gasteiger charge is -2.34. The van der Waals surface area contributed by atoms with Gasteiger partial charge in [0.15, 0.2) is 5.13 Å². The van der Waals surface area contributed by atoms with E-state index in [1.807, 2.05) is 0 Å². The number of nitrogens with one attached hydrogen (secondary N) is 2. The van der Waals surface area contributed by atoms with Gasteiger partial charge in [0.05, 0.1) is 23.4 Å². The monoisotopic (exact) mass is 514 g/mol. The standard InChI is InChI=1S/C21H24ClFN4O4S2/c22-13-8-17(33(28,29)26-19-24-4-7-32-19)14(23)9-15(13)25-11-20-3-1-5-27(20)12-21(10-20)18-16(31-18)2-6-30-21/h4,7-9,16,18,25H,1-3,5-6,10-12H2,(H,24,26). The lowest BCUT2D eigenvalue weighted by atomic mass is 9.83. The van der Waals surface area contributed by atoms with E-state index in [4.69, 9.17) is 21.1 Å². The zero-order chi connectivity index (χ0) is 22.8. The topological polar surface area (TPSA) is 96.1 Å². The fourth-order valence-corrected chi connectivity index (χ4v) is 7.96. The Morgan fingerprint density at radius 2 is 2.27 bits per heavy atom. The number of aromatic nitrogens is 1. The summed E-state index contributed by atoms with van der Waals surface area (Å²) >= 11 is 7.50. The molecule has 0 bridgehead atoms. The molecule has 1 spiro atoms. The molecule has 0 radical (unpaired) electrons. The van der Waals surface area contributed by atoms with Crippen molar-refractivity contribution in [2.24, 2.45) is 0 Å². The number of benzene rings is 1.